The summed E-state index contributed by atoms with van der Waals surface area (Å²) in [6.07, 6.45) is 0. The zero-order chi connectivity index (χ0) is 39.2. The molecule has 0 atom stereocenters. The van der Waals surface area contributed by atoms with Gasteiger partial charge >= 0.3 is 0 Å². The zero-order valence-corrected chi connectivity index (χ0v) is 31.9. The normalized spacial score (nSPS) is 11.1. The third-order valence-electron chi connectivity index (χ3n) is 10.5. The summed E-state index contributed by atoms with van der Waals surface area (Å²) in [4.78, 5) is 54.4. The maximum absolute atomic E-state index is 13.6. The van der Waals surface area contributed by atoms with Crippen LogP contribution in [0.4, 0.5) is 0 Å². The summed E-state index contributed by atoms with van der Waals surface area (Å²) in [5, 5.41) is 3.94. The van der Waals surface area contributed by atoms with Gasteiger partial charge in [-0.3, -0.25) is 19.2 Å². The van der Waals surface area contributed by atoms with E-state index in [0.29, 0.717) is 44.5 Å². The first-order chi connectivity index (χ1) is 27.9. The Morgan fingerprint density at radius 2 is 0.368 bits per heavy atom. The van der Waals surface area contributed by atoms with Crippen LogP contribution in [0.1, 0.15) is 63.7 Å². The number of carbonyl (C=O) groups excluding carboxylic acids is 4. The van der Waals surface area contributed by atoms with E-state index >= 15 is 0 Å². The van der Waals surface area contributed by atoms with Gasteiger partial charge < -0.3 is 0 Å². The maximum Gasteiger partial charge on any atom is 0.193 e. The molecule has 0 bridgehead atoms. The fourth-order valence-electron chi connectivity index (χ4n) is 7.51. The molecule has 272 valence electrons. The lowest BCUT2D eigenvalue weighted by Crippen LogP contribution is -2.74. The minimum absolute atomic E-state index is 0.0780. The first-order valence-corrected chi connectivity index (χ1v) is 20.7. The summed E-state index contributed by atoms with van der Waals surface area (Å²) in [7, 11) is -3.29. The number of carbonyl (C=O) groups is 4. The first kappa shape index (κ1) is 36.6. The van der Waals surface area contributed by atoms with Gasteiger partial charge in [0.25, 0.3) is 0 Å². The highest BCUT2D eigenvalue weighted by Crippen LogP contribution is 2.18. The van der Waals surface area contributed by atoms with Crippen LogP contribution in [-0.4, -0.2) is 31.2 Å². The van der Waals surface area contributed by atoms with E-state index in [9.17, 15) is 19.2 Å². The average molecular weight is 753 g/mol. The molecule has 0 unspecified atom stereocenters. The van der Waals surface area contributed by atoms with Gasteiger partial charge in [0.05, 0.1) is 0 Å². The Morgan fingerprint density at radius 1 is 0.211 bits per heavy atom. The molecule has 8 aromatic rings. The topological polar surface area (TPSA) is 68.3 Å². The van der Waals surface area contributed by atoms with Crippen molar-refractivity contribution in [2.45, 2.75) is 0 Å². The molecule has 0 aromatic heterocycles. The molecule has 0 heterocycles. The highest BCUT2D eigenvalue weighted by Gasteiger charge is 2.42. The third-order valence-corrected chi connectivity index (χ3v) is 15.3. The van der Waals surface area contributed by atoms with Gasteiger partial charge in [0.15, 0.2) is 31.2 Å². The Hall–Kier alpha value is -7.34. The van der Waals surface area contributed by atoms with Crippen LogP contribution >= 0.6 is 0 Å². The lowest BCUT2D eigenvalue weighted by atomic mass is 10.0. The summed E-state index contributed by atoms with van der Waals surface area (Å²) >= 11 is 0. The van der Waals surface area contributed by atoms with E-state index in [-0.39, 0.29) is 23.1 Å². The number of ketones is 4. The van der Waals surface area contributed by atoms with E-state index in [2.05, 4.69) is 0 Å². The smallest absolute Gasteiger partial charge is 0.193 e. The van der Waals surface area contributed by atoms with Crippen LogP contribution < -0.4 is 20.7 Å². The molecule has 4 nitrogen and oxygen atoms in total. The summed E-state index contributed by atoms with van der Waals surface area (Å²) in [5.41, 5.74) is 4.64. The Balaban J connectivity index is 1.31. The van der Waals surface area contributed by atoms with Crippen molar-refractivity contribution in [1.82, 2.24) is 0 Å². The SMILES string of the molecule is O=C(c1ccccc1)c1ccc([Si](c2ccc(C(=O)c3ccccc3)cc2)(c2ccc(C(=O)c3ccccc3)cc2)c2ccc(C(=O)c3ccccc3)cc2)cc1. The van der Waals surface area contributed by atoms with Crippen LogP contribution in [0.25, 0.3) is 0 Å². The fraction of sp³-hybridized carbons (Fsp3) is 0. The molecule has 8 rings (SSSR count). The van der Waals surface area contributed by atoms with Crippen molar-refractivity contribution in [3.05, 3.63) is 263 Å². The van der Waals surface area contributed by atoms with Crippen molar-refractivity contribution in [2.24, 2.45) is 0 Å². The van der Waals surface area contributed by atoms with Crippen molar-refractivity contribution in [3.8, 4) is 0 Å². The molecular formula is C52H36O4Si. The third kappa shape index (κ3) is 7.28. The average Bonchev–Trinajstić information content (AvgIpc) is 3.30. The molecule has 0 saturated heterocycles. The van der Waals surface area contributed by atoms with Crippen LogP contribution in [0, 0.1) is 0 Å². The molecule has 0 fully saturated rings. The molecule has 0 aliphatic carbocycles. The second-order valence-electron chi connectivity index (χ2n) is 13.8. The lowest BCUT2D eigenvalue weighted by Gasteiger charge is -2.35. The van der Waals surface area contributed by atoms with E-state index in [1.54, 1.807) is 0 Å². The van der Waals surface area contributed by atoms with Crippen LogP contribution in [0.2, 0.25) is 0 Å². The molecule has 0 saturated carbocycles. The molecular weight excluding hydrogens is 717 g/mol. The number of rotatable bonds is 12. The monoisotopic (exact) mass is 752 g/mol. The van der Waals surface area contributed by atoms with Gasteiger partial charge in [-0.2, -0.15) is 0 Å². The molecule has 5 heteroatoms. The summed E-state index contributed by atoms with van der Waals surface area (Å²) < 4.78 is 0. The van der Waals surface area contributed by atoms with Gasteiger partial charge in [-0.25, -0.2) is 0 Å². The molecule has 0 N–H and O–H groups in total. The Morgan fingerprint density at radius 3 is 0.544 bits per heavy atom. The number of hydrogen-bond acceptors (Lipinski definition) is 4. The highest BCUT2D eigenvalue weighted by molar-refractivity contribution is 7.19. The fourth-order valence-corrected chi connectivity index (χ4v) is 12.2. The van der Waals surface area contributed by atoms with Gasteiger partial charge in [-0.05, 0) is 20.7 Å². The molecule has 57 heavy (non-hydrogen) atoms. The molecule has 0 aliphatic rings. The lowest BCUT2D eigenvalue weighted by molar-refractivity contribution is 0.103. The van der Waals surface area contributed by atoms with E-state index in [4.69, 9.17) is 0 Å². The predicted molar refractivity (Wildman–Crippen MR) is 230 cm³/mol. The van der Waals surface area contributed by atoms with Crippen molar-refractivity contribution in [2.75, 3.05) is 0 Å². The zero-order valence-electron chi connectivity index (χ0n) is 30.9. The van der Waals surface area contributed by atoms with E-state index in [1.165, 1.54) is 0 Å². The van der Waals surface area contributed by atoms with Gasteiger partial charge in [-0.15, -0.1) is 0 Å². The summed E-state index contributed by atoms with van der Waals surface area (Å²) in [6.45, 7) is 0. The molecule has 0 amide bonds. The van der Waals surface area contributed by atoms with E-state index < -0.39 is 8.07 Å². The molecule has 0 spiro atoms. The van der Waals surface area contributed by atoms with E-state index in [0.717, 1.165) is 20.7 Å². The quantitative estimate of drug-likeness (QED) is 0.0722. The van der Waals surface area contributed by atoms with Crippen LogP contribution in [0.5, 0.6) is 0 Å². The number of benzene rings is 8. The second kappa shape index (κ2) is 16.2. The van der Waals surface area contributed by atoms with E-state index in [1.807, 2.05) is 218 Å². The van der Waals surface area contributed by atoms with Crippen LogP contribution in [-0.2, 0) is 0 Å². The Labute approximate surface area is 332 Å². The van der Waals surface area contributed by atoms with Crippen molar-refractivity contribution in [3.63, 3.8) is 0 Å². The predicted octanol–water partition coefficient (Wildman–Crippen LogP) is 7.99. The minimum Gasteiger partial charge on any atom is -0.289 e. The van der Waals surface area contributed by atoms with Crippen LogP contribution in [0.3, 0.4) is 0 Å². The standard InChI is InChI=1S/C52H36O4Si/c53-49(37-13-5-1-6-14-37)41-21-29-45(30-22-41)57(46-31-23-42(24-32-46)50(54)38-15-7-2-8-16-38,47-33-25-43(26-34-47)51(55)39-17-9-3-10-18-39)48-35-27-44(28-36-48)52(56)40-19-11-4-12-20-40/h1-36H. The molecule has 0 radical (unpaired) electrons. The second-order valence-corrected chi connectivity index (χ2v) is 17.6. The Bertz CT molecular complexity index is 2290. The largest absolute Gasteiger partial charge is 0.289 e. The molecule has 8 aromatic carbocycles. The van der Waals surface area contributed by atoms with Crippen LogP contribution in [0.15, 0.2) is 218 Å². The molecule has 0 aliphatic heterocycles. The van der Waals surface area contributed by atoms with Gasteiger partial charge in [0, 0.05) is 44.5 Å². The summed E-state index contributed by atoms with van der Waals surface area (Å²) in [6, 6.07) is 68.0. The van der Waals surface area contributed by atoms with Gasteiger partial charge in [-0.1, -0.05) is 218 Å². The number of hydrogen-bond donors (Lipinski definition) is 0. The van der Waals surface area contributed by atoms with Crippen molar-refractivity contribution >= 4 is 52.0 Å². The van der Waals surface area contributed by atoms with Crippen molar-refractivity contribution in [1.29, 1.82) is 0 Å². The summed E-state index contributed by atoms with van der Waals surface area (Å²) in [5.74, 6) is -0.312. The minimum atomic E-state index is -3.29. The first-order valence-electron chi connectivity index (χ1n) is 18.7. The maximum atomic E-state index is 13.6. The van der Waals surface area contributed by atoms with Gasteiger partial charge in [0.1, 0.15) is 0 Å². The van der Waals surface area contributed by atoms with Gasteiger partial charge in [0.2, 0.25) is 0 Å². The highest BCUT2D eigenvalue weighted by atomic mass is 28.3. The Kier molecular flexibility index (Phi) is 10.4. The van der Waals surface area contributed by atoms with Crippen molar-refractivity contribution < 1.29 is 19.2 Å².